The Morgan fingerprint density at radius 2 is 1.89 bits per heavy atom. The van der Waals surface area contributed by atoms with Gasteiger partial charge < -0.3 is 10.1 Å². The zero-order valence-electron chi connectivity index (χ0n) is 14.9. The smallest absolute Gasteiger partial charge is 0.341 e. The first-order chi connectivity index (χ1) is 13.5. The Labute approximate surface area is 164 Å². The second kappa shape index (κ2) is 8.45. The summed E-state index contributed by atoms with van der Waals surface area (Å²) in [7, 11) is 0. The van der Waals surface area contributed by atoms with Gasteiger partial charge in [-0.1, -0.05) is 36.4 Å². The van der Waals surface area contributed by atoms with Crippen LogP contribution in [-0.2, 0) is 4.74 Å². The van der Waals surface area contributed by atoms with Crippen LogP contribution in [0.2, 0.25) is 0 Å². The molecule has 1 aromatic heterocycles. The van der Waals surface area contributed by atoms with Crippen LogP contribution in [0.5, 0.6) is 0 Å². The SMILES string of the molecule is CCOC(=O)c1c(-c2ccccc2)csc1NC(=O)c1cccc([N+](=O)[O-])c1. The summed E-state index contributed by atoms with van der Waals surface area (Å²) in [5, 5.41) is 15.7. The minimum absolute atomic E-state index is 0.124. The van der Waals surface area contributed by atoms with Gasteiger partial charge in [-0.15, -0.1) is 11.3 Å². The third-order valence-corrected chi connectivity index (χ3v) is 4.80. The van der Waals surface area contributed by atoms with Crippen LogP contribution in [0, 0.1) is 10.1 Å². The molecule has 0 bridgehead atoms. The lowest BCUT2D eigenvalue weighted by Crippen LogP contribution is -2.15. The monoisotopic (exact) mass is 396 g/mol. The molecule has 142 valence electrons. The number of esters is 1. The number of nitrogens with one attached hydrogen (secondary N) is 1. The fourth-order valence-electron chi connectivity index (χ4n) is 2.62. The minimum atomic E-state index is -0.570. The number of nitro groups is 1. The molecule has 0 atom stereocenters. The summed E-state index contributed by atoms with van der Waals surface area (Å²) < 4.78 is 5.15. The Morgan fingerprint density at radius 3 is 2.57 bits per heavy atom. The van der Waals surface area contributed by atoms with E-state index in [0.717, 1.165) is 5.56 Å². The topological polar surface area (TPSA) is 98.5 Å². The number of nitro benzene ring substituents is 1. The van der Waals surface area contributed by atoms with Crippen LogP contribution in [0.3, 0.4) is 0 Å². The fourth-order valence-corrected chi connectivity index (χ4v) is 3.57. The van der Waals surface area contributed by atoms with Crippen molar-refractivity contribution in [3.8, 4) is 11.1 Å². The van der Waals surface area contributed by atoms with Crippen molar-refractivity contribution in [1.82, 2.24) is 0 Å². The number of non-ortho nitro benzene ring substituents is 1. The molecule has 0 saturated carbocycles. The van der Waals surface area contributed by atoms with Crippen LogP contribution in [0.15, 0.2) is 60.0 Å². The summed E-state index contributed by atoms with van der Waals surface area (Å²) in [6.07, 6.45) is 0. The largest absolute Gasteiger partial charge is 0.462 e. The van der Waals surface area contributed by atoms with Crippen LogP contribution < -0.4 is 5.32 Å². The Balaban J connectivity index is 1.97. The van der Waals surface area contributed by atoms with Crippen molar-refractivity contribution in [2.45, 2.75) is 6.92 Å². The average Bonchev–Trinajstić information content (AvgIpc) is 3.12. The summed E-state index contributed by atoms with van der Waals surface area (Å²) in [4.78, 5) is 35.5. The summed E-state index contributed by atoms with van der Waals surface area (Å²) in [6.45, 7) is 1.90. The second-order valence-corrected chi connectivity index (χ2v) is 6.58. The lowest BCUT2D eigenvalue weighted by Gasteiger charge is -2.09. The molecule has 0 unspecified atom stereocenters. The summed E-state index contributed by atoms with van der Waals surface area (Å²) >= 11 is 1.19. The molecule has 3 rings (SSSR count). The molecular formula is C20H16N2O5S. The lowest BCUT2D eigenvalue weighted by molar-refractivity contribution is -0.384. The number of thiophene rings is 1. The van der Waals surface area contributed by atoms with Gasteiger partial charge in [-0.05, 0) is 18.6 Å². The molecule has 0 saturated heterocycles. The standard InChI is InChI=1S/C20H16N2O5S/c1-2-27-20(24)17-16(13-7-4-3-5-8-13)12-28-19(17)21-18(23)14-9-6-10-15(11-14)22(25)26/h3-12H,2H2,1H3,(H,21,23). The summed E-state index contributed by atoms with van der Waals surface area (Å²) in [6, 6.07) is 14.7. The van der Waals surface area contributed by atoms with E-state index in [-0.39, 0.29) is 23.4 Å². The molecule has 7 nitrogen and oxygen atoms in total. The van der Waals surface area contributed by atoms with Gasteiger partial charge in [0.2, 0.25) is 0 Å². The number of rotatable bonds is 6. The number of carbonyl (C=O) groups excluding carboxylic acids is 2. The van der Waals surface area contributed by atoms with E-state index < -0.39 is 16.8 Å². The van der Waals surface area contributed by atoms with Crippen LogP contribution in [0.4, 0.5) is 10.7 Å². The first-order valence-electron chi connectivity index (χ1n) is 8.41. The van der Waals surface area contributed by atoms with Crippen LogP contribution in [0.1, 0.15) is 27.6 Å². The van der Waals surface area contributed by atoms with Crippen molar-refractivity contribution < 1.29 is 19.2 Å². The highest BCUT2D eigenvalue weighted by Crippen LogP contribution is 2.36. The number of benzene rings is 2. The number of anilines is 1. The molecule has 1 N–H and O–H groups in total. The van der Waals surface area contributed by atoms with E-state index in [1.807, 2.05) is 30.3 Å². The maximum atomic E-state index is 12.6. The van der Waals surface area contributed by atoms with Gasteiger partial charge in [0.05, 0.1) is 11.5 Å². The van der Waals surface area contributed by atoms with E-state index in [1.54, 1.807) is 12.3 Å². The third kappa shape index (κ3) is 4.07. The molecule has 1 amide bonds. The van der Waals surface area contributed by atoms with Crippen molar-refractivity contribution in [2.24, 2.45) is 0 Å². The lowest BCUT2D eigenvalue weighted by atomic mass is 10.0. The zero-order valence-corrected chi connectivity index (χ0v) is 15.7. The molecule has 0 fully saturated rings. The minimum Gasteiger partial charge on any atom is -0.462 e. The zero-order chi connectivity index (χ0) is 20.1. The highest BCUT2D eigenvalue weighted by Gasteiger charge is 2.23. The Hall–Kier alpha value is -3.52. The van der Waals surface area contributed by atoms with Crippen LogP contribution in [0.25, 0.3) is 11.1 Å². The molecule has 0 aliphatic rings. The number of nitrogens with zero attached hydrogens (tertiary/aromatic N) is 1. The van der Waals surface area contributed by atoms with Crippen LogP contribution in [-0.4, -0.2) is 23.4 Å². The van der Waals surface area contributed by atoms with E-state index >= 15 is 0 Å². The maximum absolute atomic E-state index is 12.6. The number of hydrogen-bond acceptors (Lipinski definition) is 6. The van der Waals surface area contributed by atoms with Gasteiger partial charge in [-0.3, -0.25) is 14.9 Å². The van der Waals surface area contributed by atoms with E-state index in [4.69, 9.17) is 4.74 Å². The highest BCUT2D eigenvalue weighted by molar-refractivity contribution is 7.15. The van der Waals surface area contributed by atoms with Gasteiger partial charge in [0, 0.05) is 28.6 Å². The molecule has 0 radical (unpaired) electrons. The molecule has 1 heterocycles. The van der Waals surface area contributed by atoms with Crippen molar-refractivity contribution in [3.05, 3.63) is 81.2 Å². The van der Waals surface area contributed by atoms with Crippen molar-refractivity contribution in [3.63, 3.8) is 0 Å². The Kier molecular flexibility index (Phi) is 5.81. The highest BCUT2D eigenvalue weighted by atomic mass is 32.1. The van der Waals surface area contributed by atoms with Crippen molar-refractivity contribution in [2.75, 3.05) is 11.9 Å². The predicted octanol–water partition coefficient (Wildman–Crippen LogP) is 4.75. The van der Waals surface area contributed by atoms with E-state index in [2.05, 4.69) is 5.32 Å². The van der Waals surface area contributed by atoms with E-state index in [0.29, 0.717) is 10.6 Å². The summed E-state index contributed by atoms with van der Waals surface area (Å²) in [5.74, 6) is -1.09. The fraction of sp³-hybridized carbons (Fsp3) is 0.100. The molecule has 8 heteroatoms. The van der Waals surface area contributed by atoms with Gasteiger partial charge in [0.25, 0.3) is 11.6 Å². The molecule has 3 aromatic rings. The molecule has 28 heavy (non-hydrogen) atoms. The molecular weight excluding hydrogens is 380 g/mol. The summed E-state index contributed by atoms with van der Waals surface area (Å²) in [5.41, 5.74) is 1.67. The number of amides is 1. The van der Waals surface area contributed by atoms with Crippen molar-refractivity contribution >= 4 is 33.9 Å². The van der Waals surface area contributed by atoms with Gasteiger partial charge in [-0.25, -0.2) is 4.79 Å². The molecule has 2 aromatic carbocycles. The maximum Gasteiger partial charge on any atom is 0.341 e. The third-order valence-electron chi connectivity index (χ3n) is 3.90. The van der Waals surface area contributed by atoms with Gasteiger partial charge in [-0.2, -0.15) is 0 Å². The average molecular weight is 396 g/mol. The van der Waals surface area contributed by atoms with E-state index in [9.17, 15) is 19.7 Å². The first-order valence-corrected chi connectivity index (χ1v) is 9.29. The Bertz CT molecular complexity index is 1030. The Morgan fingerprint density at radius 1 is 1.14 bits per heavy atom. The van der Waals surface area contributed by atoms with Gasteiger partial charge in [0.1, 0.15) is 10.6 Å². The second-order valence-electron chi connectivity index (χ2n) is 5.70. The molecule has 0 spiro atoms. The number of ether oxygens (including phenoxy) is 1. The van der Waals surface area contributed by atoms with E-state index in [1.165, 1.54) is 35.6 Å². The van der Waals surface area contributed by atoms with Crippen LogP contribution >= 0.6 is 11.3 Å². The molecule has 0 aliphatic carbocycles. The van der Waals surface area contributed by atoms with Gasteiger partial charge in [0.15, 0.2) is 0 Å². The number of hydrogen-bond donors (Lipinski definition) is 1. The first kappa shape index (κ1) is 19.2. The number of carbonyl (C=O) groups is 2. The van der Waals surface area contributed by atoms with Gasteiger partial charge >= 0.3 is 5.97 Å². The van der Waals surface area contributed by atoms with Crippen molar-refractivity contribution in [1.29, 1.82) is 0 Å². The quantitative estimate of drug-likeness (QED) is 0.368. The predicted molar refractivity (Wildman–Crippen MR) is 107 cm³/mol. The molecule has 0 aliphatic heterocycles. The normalized spacial score (nSPS) is 10.3.